The summed E-state index contributed by atoms with van der Waals surface area (Å²) in [6.45, 7) is 0. The van der Waals surface area contributed by atoms with E-state index in [1.165, 1.54) is 16.8 Å². The molecule has 0 bridgehead atoms. The highest BCUT2D eigenvalue weighted by atomic mass is 35.5. The molecule has 1 heterocycles. The van der Waals surface area contributed by atoms with E-state index in [0.717, 1.165) is 11.3 Å². The Hall–Kier alpha value is -3.16. The molecule has 0 aliphatic carbocycles. The van der Waals surface area contributed by atoms with Crippen molar-refractivity contribution in [3.8, 4) is 17.2 Å². The summed E-state index contributed by atoms with van der Waals surface area (Å²) in [6, 6.07) is 21.2. The molecule has 3 aromatic carbocycles. The number of amides is 2. The minimum Gasteiger partial charge on any atom is -0.497 e. The van der Waals surface area contributed by atoms with Gasteiger partial charge in [-0.25, -0.2) is 5.01 Å². The molecule has 0 aromatic heterocycles. The molecule has 1 aliphatic rings. The Kier molecular flexibility index (Phi) is 6.34. The number of hydrazine groups is 1. The number of hydrogen-bond acceptors (Lipinski definition) is 5. The summed E-state index contributed by atoms with van der Waals surface area (Å²) in [5.41, 5.74) is 3.92. The van der Waals surface area contributed by atoms with Gasteiger partial charge in [0.1, 0.15) is 22.6 Å². The molecule has 3 aromatic rings. The summed E-state index contributed by atoms with van der Waals surface area (Å²) in [6.07, 6.45) is 0. The number of carbonyl (C=O) groups excluding carboxylic acids is 2. The Morgan fingerprint density at radius 2 is 1.71 bits per heavy atom. The second-order valence-electron chi connectivity index (χ2n) is 6.67. The van der Waals surface area contributed by atoms with Gasteiger partial charge >= 0.3 is 0 Å². The van der Waals surface area contributed by atoms with E-state index in [1.54, 1.807) is 55.6 Å². The molecule has 8 heteroatoms. The lowest BCUT2D eigenvalue weighted by atomic mass is 10.2. The van der Waals surface area contributed by atoms with Crippen molar-refractivity contribution < 1.29 is 19.1 Å². The number of para-hydroxylation sites is 2. The number of thioether (sulfide) groups is 1. The lowest BCUT2D eigenvalue weighted by Gasteiger charge is -2.25. The Bertz CT molecular complexity index is 1110. The van der Waals surface area contributed by atoms with Gasteiger partial charge in [0.2, 0.25) is 0 Å². The Labute approximate surface area is 189 Å². The van der Waals surface area contributed by atoms with Gasteiger partial charge in [-0.15, -0.1) is 11.8 Å². The van der Waals surface area contributed by atoms with E-state index in [1.807, 2.05) is 24.3 Å². The molecule has 0 spiro atoms. The maximum absolute atomic E-state index is 13.1. The Balaban J connectivity index is 1.55. The van der Waals surface area contributed by atoms with Crippen molar-refractivity contribution in [2.45, 2.75) is 5.37 Å². The molecule has 158 valence electrons. The fourth-order valence-electron chi connectivity index (χ4n) is 3.12. The molecule has 1 unspecified atom stereocenters. The number of carbonyl (C=O) groups is 2. The lowest BCUT2D eigenvalue weighted by molar-refractivity contribution is -0.130. The summed E-state index contributed by atoms with van der Waals surface area (Å²) in [7, 11) is 1.59. The SMILES string of the molecule is COc1ccc(C2SCC(=O)N2NC(=O)c2ccccc2Oc2ccccc2Cl)cc1. The molecule has 0 saturated carbocycles. The average molecular weight is 455 g/mol. The number of nitrogens with one attached hydrogen (secondary N) is 1. The van der Waals surface area contributed by atoms with Gasteiger partial charge in [-0.1, -0.05) is 48.0 Å². The Morgan fingerprint density at radius 1 is 1.03 bits per heavy atom. The minimum absolute atomic E-state index is 0.177. The number of rotatable bonds is 6. The van der Waals surface area contributed by atoms with Crippen molar-refractivity contribution in [2.75, 3.05) is 12.9 Å². The van der Waals surface area contributed by atoms with E-state index in [4.69, 9.17) is 21.1 Å². The molecule has 4 rings (SSSR count). The largest absolute Gasteiger partial charge is 0.497 e. The predicted molar refractivity (Wildman–Crippen MR) is 120 cm³/mol. The van der Waals surface area contributed by atoms with E-state index in [-0.39, 0.29) is 17.0 Å². The molecule has 2 amide bonds. The van der Waals surface area contributed by atoms with Crippen LogP contribution >= 0.6 is 23.4 Å². The zero-order valence-electron chi connectivity index (χ0n) is 16.6. The predicted octanol–water partition coefficient (Wildman–Crippen LogP) is 5.06. The van der Waals surface area contributed by atoms with Crippen LogP contribution in [0.2, 0.25) is 5.02 Å². The van der Waals surface area contributed by atoms with Crippen molar-refractivity contribution in [1.82, 2.24) is 10.4 Å². The maximum Gasteiger partial charge on any atom is 0.273 e. The summed E-state index contributed by atoms with van der Waals surface area (Å²) in [5, 5.41) is 1.46. The maximum atomic E-state index is 13.1. The van der Waals surface area contributed by atoms with E-state index in [9.17, 15) is 9.59 Å². The van der Waals surface area contributed by atoms with Crippen LogP contribution in [0.25, 0.3) is 0 Å². The highest BCUT2D eigenvalue weighted by Gasteiger charge is 2.35. The molecule has 1 saturated heterocycles. The number of hydrogen-bond donors (Lipinski definition) is 1. The molecule has 1 fully saturated rings. The van der Waals surface area contributed by atoms with Crippen molar-refractivity contribution >= 4 is 35.2 Å². The van der Waals surface area contributed by atoms with Crippen LogP contribution < -0.4 is 14.9 Å². The Morgan fingerprint density at radius 3 is 2.42 bits per heavy atom. The number of ether oxygens (including phenoxy) is 2. The molecule has 1 N–H and O–H groups in total. The van der Waals surface area contributed by atoms with Gasteiger partial charge in [0.25, 0.3) is 11.8 Å². The molecular formula is C23H19ClN2O4S. The third kappa shape index (κ3) is 4.62. The van der Waals surface area contributed by atoms with E-state index < -0.39 is 5.91 Å². The van der Waals surface area contributed by atoms with Crippen LogP contribution in [0.4, 0.5) is 0 Å². The highest BCUT2D eigenvalue weighted by Crippen LogP contribution is 2.38. The summed E-state index contributed by atoms with van der Waals surface area (Å²) in [5.74, 6) is 1.15. The van der Waals surface area contributed by atoms with Gasteiger partial charge in [0, 0.05) is 0 Å². The molecular weight excluding hydrogens is 436 g/mol. The van der Waals surface area contributed by atoms with Crippen molar-refractivity contribution in [3.63, 3.8) is 0 Å². The smallest absolute Gasteiger partial charge is 0.273 e. The first-order chi connectivity index (χ1) is 15.1. The molecule has 1 aliphatic heterocycles. The van der Waals surface area contributed by atoms with Gasteiger partial charge in [-0.05, 0) is 42.0 Å². The first-order valence-electron chi connectivity index (χ1n) is 9.47. The van der Waals surface area contributed by atoms with E-state index in [0.29, 0.717) is 22.1 Å². The van der Waals surface area contributed by atoms with Crippen LogP contribution in [0.1, 0.15) is 21.3 Å². The highest BCUT2D eigenvalue weighted by molar-refractivity contribution is 8.00. The minimum atomic E-state index is -0.447. The molecule has 6 nitrogen and oxygen atoms in total. The second kappa shape index (κ2) is 9.32. The number of benzene rings is 3. The van der Waals surface area contributed by atoms with Crippen LogP contribution in [-0.2, 0) is 4.79 Å². The number of halogens is 1. The van der Waals surface area contributed by atoms with Gasteiger partial charge in [0.15, 0.2) is 0 Å². The quantitative estimate of drug-likeness (QED) is 0.563. The fraction of sp³-hybridized carbons (Fsp3) is 0.130. The summed E-state index contributed by atoms with van der Waals surface area (Å²) in [4.78, 5) is 25.6. The summed E-state index contributed by atoms with van der Waals surface area (Å²) < 4.78 is 11.1. The van der Waals surface area contributed by atoms with Crippen molar-refractivity contribution in [2.24, 2.45) is 0 Å². The van der Waals surface area contributed by atoms with Gasteiger partial charge < -0.3 is 9.47 Å². The standard InChI is InChI=1S/C23H19ClN2O4S/c1-29-16-12-10-15(11-13-16)23-26(21(27)14-31-23)25-22(28)17-6-2-4-8-19(17)30-20-9-5-3-7-18(20)24/h2-13,23H,14H2,1H3,(H,25,28). The van der Waals surface area contributed by atoms with Crippen LogP contribution in [-0.4, -0.2) is 29.7 Å². The monoisotopic (exact) mass is 454 g/mol. The topological polar surface area (TPSA) is 67.9 Å². The van der Waals surface area contributed by atoms with E-state index >= 15 is 0 Å². The van der Waals surface area contributed by atoms with Crippen LogP contribution in [0.5, 0.6) is 17.2 Å². The first kappa shape index (κ1) is 21.1. The number of nitrogens with zero attached hydrogens (tertiary/aromatic N) is 1. The second-order valence-corrected chi connectivity index (χ2v) is 8.15. The van der Waals surface area contributed by atoms with Gasteiger partial charge in [0.05, 0.1) is 23.4 Å². The third-order valence-electron chi connectivity index (χ3n) is 4.68. The number of methoxy groups -OCH3 is 1. The fourth-order valence-corrected chi connectivity index (χ4v) is 4.40. The zero-order valence-corrected chi connectivity index (χ0v) is 18.2. The van der Waals surface area contributed by atoms with E-state index in [2.05, 4.69) is 5.43 Å². The third-order valence-corrected chi connectivity index (χ3v) is 6.20. The molecule has 31 heavy (non-hydrogen) atoms. The van der Waals surface area contributed by atoms with Crippen molar-refractivity contribution in [1.29, 1.82) is 0 Å². The zero-order chi connectivity index (χ0) is 21.8. The van der Waals surface area contributed by atoms with Crippen LogP contribution in [0, 0.1) is 0 Å². The van der Waals surface area contributed by atoms with Crippen LogP contribution in [0.15, 0.2) is 72.8 Å². The lowest BCUT2D eigenvalue weighted by Crippen LogP contribution is -2.44. The van der Waals surface area contributed by atoms with Gasteiger partial charge in [-0.2, -0.15) is 0 Å². The van der Waals surface area contributed by atoms with Crippen molar-refractivity contribution in [3.05, 3.63) is 88.9 Å². The summed E-state index contributed by atoms with van der Waals surface area (Å²) >= 11 is 7.62. The van der Waals surface area contributed by atoms with Crippen LogP contribution in [0.3, 0.4) is 0 Å². The molecule has 1 atom stereocenters. The van der Waals surface area contributed by atoms with Gasteiger partial charge in [-0.3, -0.25) is 15.0 Å². The molecule has 0 radical (unpaired) electrons. The first-order valence-corrected chi connectivity index (χ1v) is 10.9. The normalized spacial score (nSPS) is 15.6. The average Bonchev–Trinajstić information content (AvgIpc) is 3.15.